The summed E-state index contributed by atoms with van der Waals surface area (Å²) in [6.45, 7) is 4.78. The first-order valence-corrected chi connectivity index (χ1v) is 11.5. The van der Waals surface area contributed by atoms with E-state index in [1.807, 2.05) is 72.6 Å². The summed E-state index contributed by atoms with van der Waals surface area (Å²) in [6, 6.07) is 17.4. The number of hydrogen-bond acceptors (Lipinski definition) is 4. The molecule has 1 fully saturated rings. The summed E-state index contributed by atoms with van der Waals surface area (Å²) >= 11 is 0. The fourth-order valence-electron chi connectivity index (χ4n) is 4.13. The van der Waals surface area contributed by atoms with Gasteiger partial charge in [0.1, 0.15) is 5.84 Å². The van der Waals surface area contributed by atoms with Crippen molar-refractivity contribution in [1.82, 2.24) is 9.88 Å². The first kappa shape index (κ1) is 23.1. The molecule has 1 aliphatic rings. The Labute approximate surface area is 200 Å². The lowest BCUT2D eigenvalue weighted by Crippen LogP contribution is -2.28. The molecule has 0 atom stereocenters. The van der Waals surface area contributed by atoms with Crippen LogP contribution in [0.5, 0.6) is 0 Å². The topological polar surface area (TPSA) is 86.3 Å². The molecule has 4 rings (SSSR count). The van der Waals surface area contributed by atoms with Crippen molar-refractivity contribution in [1.29, 1.82) is 5.41 Å². The lowest BCUT2D eigenvalue weighted by atomic mass is 10.0. The van der Waals surface area contributed by atoms with Gasteiger partial charge < -0.3 is 15.5 Å². The number of hydrogen-bond donors (Lipinski definition) is 2. The first-order chi connectivity index (χ1) is 16.5. The Morgan fingerprint density at radius 2 is 1.97 bits per heavy atom. The SMILES string of the molecule is Cc1cc(C#CCN(Cc2cccnc2)c2cccc(C(=N)N)c2)ccc1C(=O)N1CCCC1. The number of aromatic nitrogens is 1. The van der Waals surface area contributed by atoms with E-state index in [9.17, 15) is 4.79 Å². The van der Waals surface area contributed by atoms with Crippen LogP contribution in [0.25, 0.3) is 0 Å². The number of nitrogens with two attached hydrogens (primary N) is 1. The molecule has 0 spiro atoms. The lowest BCUT2D eigenvalue weighted by molar-refractivity contribution is 0.0792. The fraction of sp³-hybridized carbons (Fsp3) is 0.250. The molecule has 1 amide bonds. The number of nitrogen functional groups attached to an aromatic ring is 1. The Morgan fingerprint density at radius 3 is 2.68 bits per heavy atom. The van der Waals surface area contributed by atoms with Gasteiger partial charge in [-0.25, -0.2) is 0 Å². The van der Waals surface area contributed by atoms with Gasteiger partial charge in [0.05, 0.1) is 6.54 Å². The van der Waals surface area contributed by atoms with E-state index in [1.165, 1.54) is 0 Å². The van der Waals surface area contributed by atoms with Crippen LogP contribution in [0.1, 0.15) is 45.5 Å². The number of carbonyl (C=O) groups excluding carboxylic acids is 1. The van der Waals surface area contributed by atoms with E-state index >= 15 is 0 Å². The predicted octanol–water partition coefficient (Wildman–Crippen LogP) is 3.97. The zero-order valence-corrected chi connectivity index (χ0v) is 19.4. The minimum atomic E-state index is 0.0355. The summed E-state index contributed by atoms with van der Waals surface area (Å²) < 4.78 is 0. The number of aryl methyl sites for hydroxylation is 1. The molecule has 0 saturated carbocycles. The van der Waals surface area contributed by atoms with Gasteiger partial charge in [0.15, 0.2) is 0 Å². The number of anilines is 1. The summed E-state index contributed by atoms with van der Waals surface area (Å²) in [4.78, 5) is 21.0. The van der Waals surface area contributed by atoms with Gasteiger partial charge in [0.25, 0.3) is 5.91 Å². The quantitative estimate of drug-likeness (QED) is 0.337. The standard InChI is InChI=1S/C28H29N5O/c1-21-17-22(11-12-26(21)28(34)32-14-2-3-15-32)8-6-16-33(20-23-7-5-13-31-19-23)25-10-4-9-24(18-25)27(29)30/h4-5,7,9-13,17-19H,2-3,14-16,20H2,1H3,(H3,29,30). The van der Waals surface area contributed by atoms with Crippen molar-refractivity contribution in [2.45, 2.75) is 26.3 Å². The smallest absolute Gasteiger partial charge is 0.254 e. The number of likely N-dealkylation sites (tertiary alicyclic amines) is 1. The molecule has 6 heteroatoms. The fourth-order valence-corrected chi connectivity index (χ4v) is 4.13. The Hall–Kier alpha value is -4.11. The van der Waals surface area contributed by atoms with E-state index in [0.29, 0.717) is 18.7 Å². The monoisotopic (exact) mass is 451 g/mol. The number of amides is 1. The van der Waals surface area contributed by atoms with E-state index in [0.717, 1.165) is 53.9 Å². The molecule has 6 nitrogen and oxygen atoms in total. The van der Waals surface area contributed by atoms with Crippen molar-refractivity contribution in [3.63, 3.8) is 0 Å². The van der Waals surface area contributed by atoms with Crippen LogP contribution in [-0.2, 0) is 6.54 Å². The molecule has 34 heavy (non-hydrogen) atoms. The minimum Gasteiger partial charge on any atom is -0.384 e. The molecular formula is C28H29N5O. The third-order valence-electron chi connectivity index (χ3n) is 5.97. The number of amidine groups is 1. The van der Waals surface area contributed by atoms with Crippen LogP contribution in [0.15, 0.2) is 67.0 Å². The Morgan fingerprint density at radius 1 is 1.15 bits per heavy atom. The maximum absolute atomic E-state index is 12.7. The van der Waals surface area contributed by atoms with Crippen molar-refractivity contribution in [2.75, 3.05) is 24.5 Å². The van der Waals surface area contributed by atoms with Crippen LogP contribution in [0.3, 0.4) is 0 Å². The van der Waals surface area contributed by atoms with E-state index in [1.54, 1.807) is 6.20 Å². The molecular weight excluding hydrogens is 422 g/mol. The first-order valence-electron chi connectivity index (χ1n) is 11.5. The molecule has 2 aromatic carbocycles. The van der Waals surface area contributed by atoms with Gasteiger partial charge in [0, 0.05) is 54.4 Å². The van der Waals surface area contributed by atoms with Gasteiger partial charge >= 0.3 is 0 Å². The average molecular weight is 452 g/mol. The largest absolute Gasteiger partial charge is 0.384 e. The van der Waals surface area contributed by atoms with Gasteiger partial charge in [0.2, 0.25) is 0 Å². The Balaban J connectivity index is 1.53. The summed E-state index contributed by atoms with van der Waals surface area (Å²) in [5.41, 5.74) is 11.0. The number of rotatable bonds is 6. The molecule has 1 saturated heterocycles. The van der Waals surface area contributed by atoms with Crippen LogP contribution in [0.2, 0.25) is 0 Å². The van der Waals surface area contributed by atoms with Gasteiger partial charge in [-0.15, -0.1) is 0 Å². The van der Waals surface area contributed by atoms with Crippen molar-refractivity contribution in [3.05, 3.63) is 94.8 Å². The number of carbonyl (C=O) groups is 1. The van der Waals surface area contributed by atoms with Gasteiger partial charge in [-0.2, -0.15) is 0 Å². The third-order valence-corrected chi connectivity index (χ3v) is 5.97. The van der Waals surface area contributed by atoms with Crippen molar-refractivity contribution in [2.24, 2.45) is 5.73 Å². The highest BCUT2D eigenvalue weighted by Crippen LogP contribution is 2.19. The van der Waals surface area contributed by atoms with Crippen LogP contribution in [-0.4, -0.2) is 41.3 Å². The summed E-state index contributed by atoms with van der Waals surface area (Å²) in [7, 11) is 0. The second kappa shape index (κ2) is 10.7. The predicted molar refractivity (Wildman–Crippen MR) is 136 cm³/mol. The van der Waals surface area contributed by atoms with Crippen LogP contribution in [0, 0.1) is 24.2 Å². The molecule has 0 unspecified atom stereocenters. The summed E-state index contributed by atoms with van der Waals surface area (Å²) in [5.74, 6) is 6.67. The average Bonchev–Trinajstić information content (AvgIpc) is 3.39. The molecule has 0 aliphatic carbocycles. The molecule has 1 aromatic heterocycles. The third kappa shape index (κ3) is 5.62. The van der Waals surface area contributed by atoms with Crippen molar-refractivity contribution < 1.29 is 4.79 Å². The normalized spacial score (nSPS) is 12.7. The summed E-state index contributed by atoms with van der Waals surface area (Å²) in [5, 5.41) is 7.76. The Bertz CT molecular complexity index is 1240. The van der Waals surface area contributed by atoms with Gasteiger partial charge in [-0.3, -0.25) is 15.2 Å². The van der Waals surface area contributed by atoms with E-state index < -0.39 is 0 Å². The van der Waals surface area contributed by atoms with Crippen LogP contribution < -0.4 is 10.6 Å². The molecule has 0 radical (unpaired) electrons. The Kier molecular flexibility index (Phi) is 7.24. The molecule has 2 heterocycles. The molecule has 0 bridgehead atoms. The van der Waals surface area contributed by atoms with Crippen LogP contribution >= 0.6 is 0 Å². The number of nitrogens with zero attached hydrogens (tertiary/aromatic N) is 3. The molecule has 3 N–H and O–H groups in total. The van der Waals surface area contributed by atoms with E-state index in [-0.39, 0.29) is 11.7 Å². The van der Waals surface area contributed by atoms with E-state index in [4.69, 9.17) is 11.1 Å². The van der Waals surface area contributed by atoms with Gasteiger partial charge in [-0.05, 0) is 67.3 Å². The van der Waals surface area contributed by atoms with E-state index in [2.05, 4.69) is 21.7 Å². The number of pyridine rings is 1. The second-order valence-corrected chi connectivity index (χ2v) is 8.51. The highest BCUT2D eigenvalue weighted by Gasteiger charge is 2.20. The highest BCUT2D eigenvalue weighted by atomic mass is 16.2. The van der Waals surface area contributed by atoms with Gasteiger partial charge in [-0.1, -0.05) is 30.0 Å². The zero-order chi connectivity index (χ0) is 23.9. The molecule has 3 aromatic rings. The number of benzene rings is 2. The molecule has 172 valence electrons. The van der Waals surface area contributed by atoms with Crippen molar-refractivity contribution >= 4 is 17.4 Å². The minimum absolute atomic E-state index is 0.0355. The highest BCUT2D eigenvalue weighted by molar-refractivity contribution is 5.96. The second-order valence-electron chi connectivity index (χ2n) is 8.51. The zero-order valence-electron chi connectivity index (χ0n) is 19.4. The summed E-state index contributed by atoms with van der Waals surface area (Å²) in [6.07, 6.45) is 5.76. The number of nitrogens with one attached hydrogen (secondary N) is 1. The maximum atomic E-state index is 12.7. The van der Waals surface area contributed by atoms with Crippen LogP contribution in [0.4, 0.5) is 5.69 Å². The maximum Gasteiger partial charge on any atom is 0.254 e. The molecule has 1 aliphatic heterocycles. The lowest BCUT2D eigenvalue weighted by Gasteiger charge is -2.23. The van der Waals surface area contributed by atoms with Crippen molar-refractivity contribution in [3.8, 4) is 11.8 Å².